The van der Waals surface area contributed by atoms with Gasteiger partial charge in [0, 0.05) is 31.3 Å². The maximum absolute atomic E-state index is 12.5. The number of nitrogens with one attached hydrogen (secondary N) is 1. The van der Waals surface area contributed by atoms with Crippen molar-refractivity contribution in [1.29, 1.82) is 0 Å². The van der Waals surface area contributed by atoms with Crippen molar-refractivity contribution in [3.8, 4) is 0 Å². The molecule has 1 N–H and O–H groups in total. The van der Waals surface area contributed by atoms with Gasteiger partial charge in [0.1, 0.15) is 0 Å². The summed E-state index contributed by atoms with van der Waals surface area (Å²) in [6.07, 6.45) is 4.78. The summed E-state index contributed by atoms with van der Waals surface area (Å²) in [5.74, 6) is 0.303. The van der Waals surface area contributed by atoms with Crippen molar-refractivity contribution in [1.82, 2.24) is 15.0 Å². The molecule has 24 heavy (non-hydrogen) atoms. The van der Waals surface area contributed by atoms with Crippen LogP contribution in [0, 0.1) is 0 Å². The van der Waals surface area contributed by atoms with Gasteiger partial charge in [-0.05, 0) is 24.3 Å². The maximum Gasteiger partial charge on any atom is 0.261 e. The number of hydrogen-bond donors (Lipinski definition) is 1. The minimum atomic E-state index is -0.155. The molecule has 0 spiro atoms. The number of nitrogens with zero attached hydrogens (tertiary/aromatic N) is 4. The van der Waals surface area contributed by atoms with Gasteiger partial charge in [0.2, 0.25) is 5.95 Å². The van der Waals surface area contributed by atoms with Crippen LogP contribution in [0.2, 0.25) is 0 Å². The van der Waals surface area contributed by atoms with Gasteiger partial charge in [-0.15, -0.1) is 0 Å². The highest BCUT2D eigenvalue weighted by Crippen LogP contribution is 2.14. The smallest absolute Gasteiger partial charge is 0.261 e. The van der Waals surface area contributed by atoms with Crippen molar-refractivity contribution < 1.29 is 4.79 Å². The Morgan fingerprint density at radius 2 is 1.71 bits per heavy atom. The molecule has 0 saturated carbocycles. The van der Waals surface area contributed by atoms with Gasteiger partial charge < -0.3 is 10.2 Å². The molecule has 6 heteroatoms. The summed E-state index contributed by atoms with van der Waals surface area (Å²) in [6, 6.07) is 15.1. The van der Waals surface area contributed by atoms with E-state index in [1.165, 1.54) is 12.4 Å². The van der Waals surface area contributed by atoms with Crippen molar-refractivity contribution in [2.24, 2.45) is 0 Å². The Balaban J connectivity index is 1.64. The van der Waals surface area contributed by atoms with Crippen LogP contribution in [0.25, 0.3) is 0 Å². The average molecular weight is 319 g/mol. The zero-order chi connectivity index (χ0) is 16.8. The largest absolute Gasteiger partial charge is 0.349 e. The normalized spacial score (nSPS) is 10.2. The van der Waals surface area contributed by atoms with Gasteiger partial charge >= 0.3 is 0 Å². The third-order valence-electron chi connectivity index (χ3n) is 3.50. The molecule has 0 aliphatic carbocycles. The van der Waals surface area contributed by atoms with E-state index in [0.29, 0.717) is 18.1 Å². The molecule has 120 valence electrons. The number of anilines is 2. The van der Waals surface area contributed by atoms with Gasteiger partial charge in [0.05, 0.1) is 17.8 Å². The summed E-state index contributed by atoms with van der Waals surface area (Å²) < 4.78 is 0. The molecule has 0 unspecified atom stereocenters. The second-order valence-electron chi connectivity index (χ2n) is 5.17. The van der Waals surface area contributed by atoms with E-state index in [0.717, 1.165) is 11.4 Å². The molecule has 2 aromatic heterocycles. The summed E-state index contributed by atoms with van der Waals surface area (Å²) in [6.45, 7) is 0.526. The minimum absolute atomic E-state index is 0.155. The van der Waals surface area contributed by atoms with Crippen molar-refractivity contribution >= 4 is 17.5 Å². The summed E-state index contributed by atoms with van der Waals surface area (Å²) >= 11 is 0. The van der Waals surface area contributed by atoms with Gasteiger partial charge in [-0.25, -0.2) is 9.97 Å². The number of carbonyl (C=O) groups is 1. The highest BCUT2D eigenvalue weighted by molar-refractivity contribution is 6.05. The lowest BCUT2D eigenvalue weighted by molar-refractivity contribution is 0.0992. The minimum Gasteiger partial charge on any atom is -0.349 e. The van der Waals surface area contributed by atoms with E-state index in [1.807, 2.05) is 48.5 Å². The Bertz CT molecular complexity index is 791. The number of para-hydroxylation sites is 1. The number of benzene rings is 1. The van der Waals surface area contributed by atoms with E-state index in [1.54, 1.807) is 18.1 Å². The lowest BCUT2D eigenvalue weighted by atomic mass is 10.2. The Morgan fingerprint density at radius 1 is 1.00 bits per heavy atom. The third-order valence-corrected chi connectivity index (χ3v) is 3.50. The highest BCUT2D eigenvalue weighted by atomic mass is 16.2. The molecule has 0 aliphatic rings. The molecule has 0 aliphatic heterocycles. The van der Waals surface area contributed by atoms with Crippen LogP contribution in [-0.4, -0.2) is 27.9 Å². The molecule has 0 bridgehead atoms. The van der Waals surface area contributed by atoms with Crippen LogP contribution in [0.3, 0.4) is 0 Å². The average Bonchev–Trinajstić information content (AvgIpc) is 2.67. The first kappa shape index (κ1) is 15.6. The first-order chi connectivity index (χ1) is 11.7. The molecule has 1 aromatic carbocycles. The van der Waals surface area contributed by atoms with E-state index >= 15 is 0 Å². The van der Waals surface area contributed by atoms with E-state index < -0.39 is 0 Å². The van der Waals surface area contributed by atoms with E-state index in [9.17, 15) is 4.79 Å². The molecular formula is C18H17N5O. The van der Waals surface area contributed by atoms with Crippen LogP contribution in [0.4, 0.5) is 11.6 Å². The third kappa shape index (κ3) is 3.73. The van der Waals surface area contributed by atoms with E-state index in [-0.39, 0.29) is 5.91 Å². The molecule has 1 amide bonds. The number of carbonyl (C=O) groups excluding carboxylic acids is 1. The molecule has 3 aromatic rings. The van der Waals surface area contributed by atoms with Gasteiger partial charge in [-0.2, -0.15) is 0 Å². The van der Waals surface area contributed by atoms with Crippen molar-refractivity contribution in [3.05, 3.63) is 78.4 Å². The number of rotatable bonds is 5. The first-order valence-corrected chi connectivity index (χ1v) is 7.53. The fourth-order valence-electron chi connectivity index (χ4n) is 2.16. The molecular weight excluding hydrogens is 302 g/mol. The zero-order valence-corrected chi connectivity index (χ0v) is 13.3. The van der Waals surface area contributed by atoms with Crippen molar-refractivity contribution in [2.75, 3.05) is 17.3 Å². The lowest BCUT2D eigenvalue weighted by Gasteiger charge is -2.17. The van der Waals surface area contributed by atoms with Crippen LogP contribution in [0.1, 0.15) is 16.1 Å². The van der Waals surface area contributed by atoms with Crippen molar-refractivity contribution in [2.45, 2.75) is 6.54 Å². The predicted molar refractivity (Wildman–Crippen MR) is 92.8 cm³/mol. The fourth-order valence-corrected chi connectivity index (χ4v) is 2.16. The standard InChI is InChI=1S/C18H17N5O/c1-23(16-8-3-2-4-9-16)17(24)14-11-20-18(21-12-14)22-13-15-7-5-6-10-19-15/h2-12H,13H2,1H3,(H,20,21,22). The quantitative estimate of drug-likeness (QED) is 0.783. The van der Waals surface area contributed by atoms with Crippen LogP contribution < -0.4 is 10.2 Å². The Kier molecular flexibility index (Phi) is 4.76. The van der Waals surface area contributed by atoms with Gasteiger partial charge in [0.25, 0.3) is 5.91 Å². The second-order valence-corrected chi connectivity index (χ2v) is 5.17. The molecule has 2 heterocycles. The number of hydrogen-bond acceptors (Lipinski definition) is 5. The molecule has 3 rings (SSSR count). The summed E-state index contributed by atoms with van der Waals surface area (Å²) in [7, 11) is 1.73. The van der Waals surface area contributed by atoms with Crippen LogP contribution >= 0.6 is 0 Å². The first-order valence-electron chi connectivity index (χ1n) is 7.53. The van der Waals surface area contributed by atoms with Gasteiger partial charge in [0.15, 0.2) is 0 Å². The Hall–Kier alpha value is -3.28. The molecule has 0 atom stereocenters. The van der Waals surface area contributed by atoms with Crippen LogP contribution in [-0.2, 0) is 6.54 Å². The lowest BCUT2D eigenvalue weighted by Crippen LogP contribution is -2.26. The summed E-state index contributed by atoms with van der Waals surface area (Å²) in [5, 5.41) is 3.08. The topological polar surface area (TPSA) is 71.0 Å². The maximum atomic E-state index is 12.5. The molecule has 0 radical (unpaired) electrons. The Morgan fingerprint density at radius 3 is 2.38 bits per heavy atom. The van der Waals surface area contributed by atoms with E-state index in [4.69, 9.17) is 0 Å². The van der Waals surface area contributed by atoms with Crippen LogP contribution in [0.5, 0.6) is 0 Å². The molecule has 6 nitrogen and oxygen atoms in total. The SMILES string of the molecule is CN(C(=O)c1cnc(NCc2ccccn2)nc1)c1ccccc1. The van der Waals surface area contributed by atoms with Crippen molar-refractivity contribution in [3.63, 3.8) is 0 Å². The Labute approximate surface area is 140 Å². The summed E-state index contributed by atoms with van der Waals surface area (Å²) in [4.78, 5) is 26.6. The number of pyridine rings is 1. The number of aromatic nitrogens is 3. The number of amides is 1. The predicted octanol–water partition coefficient (Wildman–Crippen LogP) is 2.76. The van der Waals surface area contributed by atoms with E-state index in [2.05, 4.69) is 20.3 Å². The van der Waals surface area contributed by atoms with Gasteiger partial charge in [-0.3, -0.25) is 9.78 Å². The van der Waals surface area contributed by atoms with Gasteiger partial charge in [-0.1, -0.05) is 24.3 Å². The zero-order valence-electron chi connectivity index (χ0n) is 13.3. The summed E-state index contributed by atoms with van der Waals surface area (Å²) in [5.41, 5.74) is 2.15. The second kappa shape index (κ2) is 7.32. The fraction of sp³-hybridized carbons (Fsp3) is 0.111. The van der Waals surface area contributed by atoms with Crippen LogP contribution in [0.15, 0.2) is 67.1 Å². The molecule has 0 saturated heterocycles. The monoisotopic (exact) mass is 319 g/mol. The highest BCUT2D eigenvalue weighted by Gasteiger charge is 2.14. The molecule has 0 fully saturated rings.